The summed E-state index contributed by atoms with van der Waals surface area (Å²) in [4.78, 5) is 12.6. The standard InChI is InChI=1S/C20H22FN3O4S/c1-13-7-8-15(14(2)10-13)11-16-17(22-29(26,27)23(3)4)12-24(20(25)19(16)21)18-6-5-9-28-18/h5-10,12,22H,11H2,1-4H3. The monoisotopic (exact) mass is 419 g/mol. The molecule has 0 aliphatic heterocycles. The van der Waals surface area contributed by atoms with E-state index in [9.17, 15) is 13.2 Å². The highest BCUT2D eigenvalue weighted by molar-refractivity contribution is 7.90. The van der Waals surface area contributed by atoms with Crippen molar-refractivity contribution in [2.45, 2.75) is 20.3 Å². The average molecular weight is 419 g/mol. The van der Waals surface area contributed by atoms with E-state index in [1.807, 2.05) is 32.0 Å². The molecule has 2 heterocycles. The van der Waals surface area contributed by atoms with Gasteiger partial charge in [-0.1, -0.05) is 23.8 Å². The molecule has 154 valence electrons. The molecule has 0 amide bonds. The zero-order chi connectivity index (χ0) is 21.3. The second kappa shape index (κ2) is 7.84. The number of aryl methyl sites for hydroxylation is 2. The molecule has 1 aromatic carbocycles. The maximum Gasteiger partial charge on any atom is 0.301 e. The predicted molar refractivity (Wildman–Crippen MR) is 109 cm³/mol. The van der Waals surface area contributed by atoms with Gasteiger partial charge in [0.05, 0.1) is 12.0 Å². The molecule has 0 aliphatic carbocycles. The van der Waals surface area contributed by atoms with Crippen molar-refractivity contribution in [3.63, 3.8) is 0 Å². The Bertz CT molecular complexity index is 1200. The van der Waals surface area contributed by atoms with Gasteiger partial charge in [-0.2, -0.15) is 12.7 Å². The van der Waals surface area contributed by atoms with E-state index in [4.69, 9.17) is 4.42 Å². The Morgan fingerprint density at radius 2 is 1.93 bits per heavy atom. The van der Waals surface area contributed by atoms with E-state index < -0.39 is 21.6 Å². The van der Waals surface area contributed by atoms with Crippen LogP contribution in [-0.2, 0) is 16.6 Å². The Balaban J connectivity index is 2.20. The van der Waals surface area contributed by atoms with Crippen molar-refractivity contribution in [1.29, 1.82) is 0 Å². The third-order valence-corrected chi connectivity index (χ3v) is 6.02. The van der Waals surface area contributed by atoms with E-state index >= 15 is 4.39 Å². The van der Waals surface area contributed by atoms with Crippen molar-refractivity contribution in [2.75, 3.05) is 18.8 Å². The highest BCUT2D eigenvalue weighted by Crippen LogP contribution is 2.25. The number of rotatable bonds is 6. The fourth-order valence-electron chi connectivity index (χ4n) is 2.91. The van der Waals surface area contributed by atoms with Crippen molar-refractivity contribution < 1.29 is 17.2 Å². The van der Waals surface area contributed by atoms with Crippen LogP contribution in [-0.4, -0.2) is 31.4 Å². The topological polar surface area (TPSA) is 84.6 Å². The molecule has 0 spiro atoms. The third kappa shape index (κ3) is 4.25. The Hall–Kier alpha value is -2.91. The number of pyridine rings is 1. The molecule has 0 fully saturated rings. The molecule has 0 atom stereocenters. The fourth-order valence-corrected chi connectivity index (χ4v) is 3.55. The first kappa shape index (κ1) is 20.8. The summed E-state index contributed by atoms with van der Waals surface area (Å²) in [5, 5.41) is 0. The second-order valence-electron chi connectivity index (χ2n) is 6.96. The van der Waals surface area contributed by atoms with E-state index in [1.165, 1.54) is 32.6 Å². The molecule has 0 saturated carbocycles. The van der Waals surface area contributed by atoms with Crippen LogP contribution < -0.4 is 10.3 Å². The summed E-state index contributed by atoms with van der Waals surface area (Å²) in [6.07, 6.45) is 2.63. The van der Waals surface area contributed by atoms with E-state index in [-0.39, 0.29) is 23.6 Å². The molecule has 0 saturated heterocycles. The van der Waals surface area contributed by atoms with Crippen LogP contribution in [0.5, 0.6) is 0 Å². The van der Waals surface area contributed by atoms with Crippen molar-refractivity contribution in [2.24, 2.45) is 0 Å². The molecule has 0 unspecified atom stereocenters. The van der Waals surface area contributed by atoms with Gasteiger partial charge in [0.15, 0.2) is 5.82 Å². The van der Waals surface area contributed by atoms with E-state index in [0.717, 1.165) is 25.6 Å². The zero-order valence-electron chi connectivity index (χ0n) is 16.6. The molecular formula is C20H22FN3O4S. The number of benzene rings is 1. The van der Waals surface area contributed by atoms with Gasteiger partial charge in [0.2, 0.25) is 5.88 Å². The van der Waals surface area contributed by atoms with Gasteiger partial charge in [0.1, 0.15) is 0 Å². The van der Waals surface area contributed by atoms with Crippen LogP contribution in [0.4, 0.5) is 10.1 Å². The maximum absolute atomic E-state index is 15.2. The number of aromatic nitrogens is 1. The second-order valence-corrected chi connectivity index (χ2v) is 8.84. The van der Waals surface area contributed by atoms with Gasteiger partial charge in [-0.15, -0.1) is 0 Å². The van der Waals surface area contributed by atoms with Gasteiger partial charge in [0, 0.05) is 38.3 Å². The first-order chi connectivity index (χ1) is 13.6. The molecule has 0 bridgehead atoms. The minimum atomic E-state index is -3.93. The molecule has 9 heteroatoms. The van der Waals surface area contributed by atoms with Gasteiger partial charge in [-0.25, -0.2) is 8.96 Å². The number of hydrogen-bond donors (Lipinski definition) is 1. The van der Waals surface area contributed by atoms with Crippen LogP contribution in [0.1, 0.15) is 22.3 Å². The van der Waals surface area contributed by atoms with Gasteiger partial charge >= 0.3 is 10.2 Å². The van der Waals surface area contributed by atoms with E-state index in [1.54, 1.807) is 6.07 Å². The third-order valence-electron chi connectivity index (χ3n) is 4.58. The van der Waals surface area contributed by atoms with Crippen LogP contribution in [0, 0.1) is 19.7 Å². The van der Waals surface area contributed by atoms with Crippen molar-refractivity contribution in [3.8, 4) is 5.88 Å². The van der Waals surface area contributed by atoms with Gasteiger partial charge in [-0.3, -0.25) is 9.52 Å². The van der Waals surface area contributed by atoms with Gasteiger partial charge in [-0.05, 0) is 31.0 Å². The predicted octanol–water partition coefficient (Wildman–Crippen LogP) is 3.00. The van der Waals surface area contributed by atoms with Crippen LogP contribution in [0.15, 0.2) is 52.0 Å². The quantitative estimate of drug-likeness (QED) is 0.666. The lowest BCUT2D eigenvalue weighted by Gasteiger charge is -2.18. The minimum Gasteiger partial charge on any atom is -0.448 e. The summed E-state index contributed by atoms with van der Waals surface area (Å²) < 4.78 is 49.4. The van der Waals surface area contributed by atoms with Crippen LogP contribution in [0.2, 0.25) is 0 Å². The molecule has 2 aromatic heterocycles. The van der Waals surface area contributed by atoms with Crippen LogP contribution in [0.25, 0.3) is 5.88 Å². The Kier molecular flexibility index (Phi) is 5.63. The minimum absolute atomic E-state index is 0.0322. The number of halogens is 1. The number of nitrogens with one attached hydrogen (secondary N) is 1. The normalized spacial score (nSPS) is 11.8. The van der Waals surface area contributed by atoms with Crippen molar-refractivity contribution >= 4 is 15.9 Å². The largest absolute Gasteiger partial charge is 0.448 e. The van der Waals surface area contributed by atoms with Crippen molar-refractivity contribution in [1.82, 2.24) is 8.87 Å². The summed E-state index contributed by atoms with van der Waals surface area (Å²) in [6.45, 7) is 3.83. The summed E-state index contributed by atoms with van der Waals surface area (Å²) in [6, 6.07) is 8.70. The molecular weight excluding hydrogens is 397 g/mol. The lowest BCUT2D eigenvalue weighted by atomic mass is 9.98. The summed E-state index contributed by atoms with van der Waals surface area (Å²) in [5.74, 6) is -0.961. The lowest BCUT2D eigenvalue weighted by molar-refractivity contribution is 0.517. The Labute approximate surface area is 168 Å². The highest BCUT2D eigenvalue weighted by Gasteiger charge is 2.23. The van der Waals surface area contributed by atoms with E-state index in [2.05, 4.69) is 4.72 Å². The summed E-state index contributed by atoms with van der Waals surface area (Å²) in [7, 11) is -1.22. The maximum atomic E-state index is 15.2. The highest BCUT2D eigenvalue weighted by atomic mass is 32.2. The Morgan fingerprint density at radius 1 is 1.21 bits per heavy atom. The first-order valence-electron chi connectivity index (χ1n) is 8.84. The molecule has 0 aliphatic rings. The zero-order valence-corrected chi connectivity index (χ0v) is 17.4. The molecule has 29 heavy (non-hydrogen) atoms. The molecule has 3 aromatic rings. The number of furan rings is 1. The molecule has 7 nitrogen and oxygen atoms in total. The van der Waals surface area contributed by atoms with Gasteiger partial charge in [0.25, 0.3) is 5.56 Å². The van der Waals surface area contributed by atoms with Crippen LogP contribution in [0.3, 0.4) is 0 Å². The molecule has 0 radical (unpaired) electrons. The van der Waals surface area contributed by atoms with E-state index in [0.29, 0.717) is 0 Å². The Morgan fingerprint density at radius 3 is 2.52 bits per heavy atom. The average Bonchev–Trinajstić information content (AvgIpc) is 3.17. The molecule has 3 rings (SSSR count). The summed E-state index contributed by atoms with van der Waals surface area (Å²) >= 11 is 0. The fraction of sp³-hybridized carbons (Fsp3) is 0.250. The first-order valence-corrected chi connectivity index (χ1v) is 10.3. The smallest absolute Gasteiger partial charge is 0.301 e. The SMILES string of the molecule is Cc1ccc(Cc2c(NS(=O)(=O)N(C)C)cn(-c3ccco3)c(=O)c2F)c(C)c1. The van der Waals surface area contributed by atoms with Crippen LogP contribution >= 0.6 is 0 Å². The van der Waals surface area contributed by atoms with Gasteiger partial charge < -0.3 is 4.42 Å². The number of anilines is 1. The lowest BCUT2D eigenvalue weighted by Crippen LogP contribution is -2.31. The summed E-state index contributed by atoms with van der Waals surface area (Å²) in [5.41, 5.74) is 1.76. The van der Waals surface area contributed by atoms with Crippen molar-refractivity contribution in [3.05, 3.63) is 81.2 Å². The number of hydrogen-bond acceptors (Lipinski definition) is 4. The molecule has 1 N–H and O–H groups in total. The number of nitrogens with zero attached hydrogens (tertiary/aromatic N) is 2.